The molecule has 0 fully saturated rings. The molecule has 4 nitrogen and oxygen atoms in total. The molecule has 1 aromatic carbocycles. The Morgan fingerprint density at radius 3 is 2.33 bits per heavy atom. The van der Waals surface area contributed by atoms with E-state index in [4.69, 9.17) is 4.74 Å². The molecule has 0 aromatic heterocycles. The van der Waals surface area contributed by atoms with Crippen molar-refractivity contribution in [3.8, 4) is 0 Å². The van der Waals surface area contributed by atoms with Gasteiger partial charge in [-0.3, -0.25) is 9.59 Å². The van der Waals surface area contributed by atoms with E-state index in [1.165, 1.54) is 12.1 Å². The molecule has 0 bridgehead atoms. The fourth-order valence-electron chi connectivity index (χ4n) is 1.78. The molecule has 0 radical (unpaired) electrons. The highest BCUT2D eigenvalue weighted by Crippen LogP contribution is 2.32. The van der Waals surface area contributed by atoms with Crippen LogP contribution in [-0.4, -0.2) is 36.5 Å². The third-order valence-electron chi connectivity index (χ3n) is 2.76. The number of carbonyl (C=O) groups excluding carboxylic acids is 2. The quantitative estimate of drug-likeness (QED) is 0.786. The minimum absolute atomic E-state index is 0.101. The molecule has 0 aliphatic carbocycles. The van der Waals surface area contributed by atoms with Crippen molar-refractivity contribution in [3.05, 3.63) is 35.4 Å². The van der Waals surface area contributed by atoms with Crippen LogP contribution in [0.25, 0.3) is 0 Å². The highest BCUT2D eigenvalue weighted by atomic mass is 19.4. The Bertz CT molecular complexity index is 514. The molecule has 21 heavy (non-hydrogen) atoms. The van der Waals surface area contributed by atoms with Gasteiger partial charge in [0.25, 0.3) is 5.91 Å². The van der Waals surface area contributed by atoms with Crippen molar-refractivity contribution in [2.24, 2.45) is 0 Å². The third-order valence-corrected chi connectivity index (χ3v) is 2.76. The van der Waals surface area contributed by atoms with Gasteiger partial charge in [-0.2, -0.15) is 13.2 Å². The summed E-state index contributed by atoms with van der Waals surface area (Å²) >= 11 is 0. The fourth-order valence-corrected chi connectivity index (χ4v) is 1.78. The Morgan fingerprint density at radius 1 is 1.19 bits per heavy atom. The molecule has 116 valence electrons. The van der Waals surface area contributed by atoms with Crippen LogP contribution in [0.1, 0.15) is 29.8 Å². The Kier molecular flexibility index (Phi) is 5.75. The van der Waals surface area contributed by atoms with Crippen LogP contribution >= 0.6 is 0 Å². The maximum absolute atomic E-state index is 12.9. The van der Waals surface area contributed by atoms with Crippen LogP contribution < -0.4 is 0 Å². The summed E-state index contributed by atoms with van der Waals surface area (Å²) in [6, 6.07) is 4.49. The van der Waals surface area contributed by atoms with Crippen LogP contribution in [-0.2, 0) is 15.7 Å². The predicted molar refractivity (Wildman–Crippen MR) is 69.7 cm³/mol. The van der Waals surface area contributed by atoms with Crippen molar-refractivity contribution in [3.63, 3.8) is 0 Å². The first kappa shape index (κ1) is 17.0. The lowest BCUT2D eigenvalue weighted by Gasteiger charge is -2.21. The number of amides is 1. The van der Waals surface area contributed by atoms with Crippen molar-refractivity contribution < 1.29 is 27.5 Å². The molecule has 1 aromatic rings. The summed E-state index contributed by atoms with van der Waals surface area (Å²) in [4.78, 5) is 24.6. The lowest BCUT2D eigenvalue weighted by atomic mass is 10.1. The number of benzene rings is 1. The molecular formula is C14H16F3NO3. The Hall–Kier alpha value is -2.05. The minimum atomic E-state index is -4.63. The lowest BCUT2D eigenvalue weighted by Crippen LogP contribution is -2.37. The van der Waals surface area contributed by atoms with E-state index in [-0.39, 0.29) is 19.7 Å². The normalized spacial score (nSPS) is 11.1. The first-order valence-electron chi connectivity index (χ1n) is 6.42. The zero-order valence-corrected chi connectivity index (χ0v) is 11.7. The molecule has 0 spiro atoms. The second-order valence-electron chi connectivity index (χ2n) is 4.17. The van der Waals surface area contributed by atoms with Crippen molar-refractivity contribution >= 4 is 11.9 Å². The molecule has 0 heterocycles. The van der Waals surface area contributed by atoms with Gasteiger partial charge in [-0.1, -0.05) is 12.1 Å². The van der Waals surface area contributed by atoms with Gasteiger partial charge in [0.1, 0.15) is 6.54 Å². The number of alkyl halides is 3. The Labute approximate surface area is 120 Å². The highest BCUT2D eigenvalue weighted by Gasteiger charge is 2.36. The highest BCUT2D eigenvalue weighted by molar-refractivity contribution is 5.97. The van der Waals surface area contributed by atoms with Gasteiger partial charge in [0.2, 0.25) is 0 Å². The zero-order valence-electron chi connectivity index (χ0n) is 11.7. The monoisotopic (exact) mass is 303 g/mol. The molecule has 0 N–H and O–H groups in total. The number of hydrogen-bond acceptors (Lipinski definition) is 3. The number of rotatable bonds is 5. The molecule has 1 amide bonds. The second-order valence-corrected chi connectivity index (χ2v) is 4.17. The number of hydrogen-bond donors (Lipinski definition) is 0. The topological polar surface area (TPSA) is 46.6 Å². The molecule has 0 saturated carbocycles. The smallest absolute Gasteiger partial charge is 0.417 e. The second kappa shape index (κ2) is 7.10. The molecule has 0 aliphatic heterocycles. The van der Waals surface area contributed by atoms with Crippen molar-refractivity contribution in [2.75, 3.05) is 19.7 Å². The molecule has 1 rings (SSSR count). The van der Waals surface area contributed by atoms with Crippen molar-refractivity contribution in [1.82, 2.24) is 4.90 Å². The first-order valence-corrected chi connectivity index (χ1v) is 6.42. The summed E-state index contributed by atoms with van der Waals surface area (Å²) in [6.45, 7) is 3.05. The van der Waals surface area contributed by atoms with Gasteiger partial charge in [0.05, 0.1) is 17.7 Å². The van der Waals surface area contributed by atoms with Crippen molar-refractivity contribution in [1.29, 1.82) is 0 Å². The molecular weight excluding hydrogens is 287 g/mol. The van der Waals surface area contributed by atoms with E-state index in [2.05, 4.69) is 0 Å². The molecule has 0 aliphatic rings. The van der Waals surface area contributed by atoms with Crippen molar-refractivity contribution in [2.45, 2.75) is 20.0 Å². The van der Waals surface area contributed by atoms with Gasteiger partial charge in [-0.05, 0) is 26.0 Å². The van der Waals surface area contributed by atoms with E-state index in [0.29, 0.717) is 0 Å². The maximum atomic E-state index is 12.9. The summed E-state index contributed by atoms with van der Waals surface area (Å²) in [5.41, 5.74) is -1.49. The van der Waals surface area contributed by atoms with Gasteiger partial charge < -0.3 is 9.64 Å². The van der Waals surface area contributed by atoms with Crippen LogP contribution in [0.5, 0.6) is 0 Å². The van der Waals surface area contributed by atoms with E-state index in [1.54, 1.807) is 13.8 Å². The van der Waals surface area contributed by atoms with Gasteiger partial charge in [0.15, 0.2) is 0 Å². The summed E-state index contributed by atoms with van der Waals surface area (Å²) in [5, 5.41) is 0. The van der Waals surface area contributed by atoms with E-state index < -0.39 is 29.2 Å². The fraction of sp³-hybridized carbons (Fsp3) is 0.429. The average molecular weight is 303 g/mol. The van der Waals surface area contributed by atoms with Gasteiger partial charge in [-0.25, -0.2) is 0 Å². The minimum Gasteiger partial charge on any atom is -0.465 e. The Balaban J connectivity index is 3.04. The first-order chi connectivity index (χ1) is 9.81. The van der Waals surface area contributed by atoms with Gasteiger partial charge in [-0.15, -0.1) is 0 Å². The summed E-state index contributed by atoms with van der Waals surface area (Å²) < 4.78 is 43.4. The lowest BCUT2D eigenvalue weighted by molar-refractivity contribution is -0.143. The van der Waals surface area contributed by atoms with Crippen LogP contribution in [0.15, 0.2) is 24.3 Å². The summed E-state index contributed by atoms with van der Waals surface area (Å²) in [5.74, 6) is -1.50. The molecule has 0 saturated heterocycles. The SMILES string of the molecule is CCOC(=O)CN(CC)C(=O)c1ccccc1C(F)(F)F. The number of ether oxygens (including phenoxy) is 1. The zero-order chi connectivity index (χ0) is 16.0. The number of esters is 1. The summed E-state index contributed by atoms with van der Waals surface area (Å²) in [7, 11) is 0. The van der Waals surface area contributed by atoms with Crippen LogP contribution in [0.2, 0.25) is 0 Å². The number of likely N-dealkylation sites (N-methyl/N-ethyl adjacent to an activating group) is 1. The average Bonchev–Trinajstić information content (AvgIpc) is 2.43. The maximum Gasteiger partial charge on any atom is 0.417 e. The van der Waals surface area contributed by atoms with Gasteiger partial charge >= 0.3 is 12.1 Å². The molecule has 0 atom stereocenters. The number of carbonyl (C=O) groups is 2. The van der Waals surface area contributed by atoms with Crippen LogP contribution in [0.3, 0.4) is 0 Å². The van der Waals surface area contributed by atoms with Crippen LogP contribution in [0.4, 0.5) is 13.2 Å². The van der Waals surface area contributed by atoms with E-state index in [9.17, 15) is 22.8 Å². The van der Waals surface area contributed by atoms with Gasteiger partial charge in [0, 0.05) is 6.54 Å². The third kappa shape index (κ3) is 4.47. The van der Waals surface area contributed by atoms with E-state index >= 15 is 0 Å². The standard InChI is InChI=1S/C14H16F3NO3/c1-3-18(9-12(19)21-4-2)13(20)10-7-5-6-8-11(10)14(15,16)17/h5-8H,3-4,9H2,1-2H3. The van der Waals surface area contributed by atoms with E-state index in [0.717, 1.165) is 17.0 Å². The molecule has 7 heteroatoms. The summed E-state index contributed by atoms with van der Waals surface area (Å²) in [6.07, 6.45) is -4.63. The van der Waals surface area contributed by atoms with Crippen LogP contribution in [0, 0.1) is 0 Å². The Morgan fingerprint density at radius 2 is 1.81 bits per heavy atom. The molecule has 0 unspecified atom stereocenters. The predicted octanol–water partition coefficient (Wildman–Crippen LogP) is 2.73. The van der Waals surface area contributed by atoms with E-state index in [1.807, 2.05) is 0 Å². The number of halogens is 3. The largest absolute Gasteiger partial charge is 0.465 e. The number of nitrogens with zero attached hydrogens (tertiary/aromatic N) is 1.